The Hall–Kier alpha value is -2.05. The van der Waals surface area contributed by atoms with E-state index in [0.29, 0.717) is 5.82 Å². The summed E-state index contributed by atoms with van der Waals surface area (Å²) in [7, 11) is 0. The van der Waals surface area contributed by atoms with Gasteiger partial charge in [-0.15, -0.1) is 11.3 Å². The average molecular weight is 312 g/mol. The third-order valence-corrected chi connectivity index (χ3v) is 5.02. The van der Waals surface area contributed by atoms with Gasteiger partial charge in [0.2, 0.25) is 0 Å². The molecule has 0 saturated carbocycles. The highest BCUT2D eigenvalue weighted by Crippen LogP contribution is 2.25. The van der Waals surface area contributed by atoms with Crippen LogP contribution in [-0.2, 0) is 19.5 Å². The Morgan fingerprint density at radius 2 is 2.32 bits per heavy atom. The maximum absolute atomic E-state index is 12.0. The number of aromatic amines is 1. The highest BCUT2D eigenvalue weighted by atomic mass is 32.1. The number of rotatable bonds is 2. The molecule has 0 radical (unpaired) electrons. The number of nitrogens with one attached hydrogen (secondary N) is 1. The van der Waals surface area contributed by atoms with Crippen molar-refractivity contribution in [2.75, 3.05) is 6.54 Å². The van der Waals surface area contributed by atoms with E-state index in [1.165, 1.54) is 10.3 Å². The van der Waals surface area contributed by atoms with Gasteiger partial charge in [-0.3, -0.25) is 9.69 Å². The van der Waals surface area contributed by atoms with Gasteiger partial charge in [0.15, 0.2) is 0 Å². The minimum Gasteiger partial charge on any atom is -0.311 e. The summed E-state index contributed by atoms with van der Waals surface area (Å²) >= 11 is 1.68. The number of hydrogen-bond donors (Lipinski definition) is 1. The molecule has 0 atom stereocenters. The second-order valence-corrected chi connectivity index (χ2v) is 6.51. The number of aromatic nitrogens is 3. The van der Waals surface area contributed by atoms with Gasteiger partial charge in [-0.2, -0.15) is 0 Å². The first-order valence-electron chi connectivity index (χ1n) is 7.33. The summed E-state index contributed by atoms with van der Waals surface area (Å²) in [6.07, 6.45) is 0.761. The SMILES string of the molecule is Cc1nc2c(c(=O)[nH]1)CCN(Cc1cccc3ncsc13)C2. The molecule has 1 aliphatic heterocycles. The Bertz CT molecular complexity index is 899. The number of aryl methyl sites for hydroxylation is 1. The van der Waals surface area contributed by atoms with Crippen molar-refractivity contribution in [2.24, 2.45) is 0 Å². The van der Waals surface area contributed by atoms with Gasteiger partial charge in [-0.05, 0) is 25.0 Å². The van der Waals surface area contributed by atoms with Gasteiger partial charge in [-0.1, -0.05) is 12.1 Å². The van der Waals surface area contributed by atoms with Crippen molar-refractivity contribution in [1.29, 1.82) is 0 Å². The molecule has 3 heterocycles. The average Bonchev–Trinajstić information content (AvgIpc) is 2.96. The lowest BCUT2D eigenvalue weighted by Gasteiger charge is -2.27. The molecule has 6 heteroatoms. The summed E-state index contributed by atoms with van der Waals surface area (Å²) in [5.74, 6) is 0.690. The van der Waals surface area contributed by atoms with Crippen molar-refractivity contribution < 1.29 is 0 Å². The summed E-state index contributed by atoms with van der Waals surface area (Å²) in [6, 6.07) is 6.26. The first kappa shape index (κ1) is 13.6. The van der Waals surface area contributed by atoms with E-state index >= 15 is 0 Å². The molecular formula is C16H16N4OS. The van der Waals surface area contributed by atoms with E-state index in [-0.39, 0.29) is 5.56 Å². The molecule has 3 aromatic rings. The maximum atomic E-state index is 12.0. The zero-order valence-electron chi connectivity index (χ0n) is 12.3. The number of hydrogen-bond acceptors (Lipinski definition) is 5. The molecule has 1 N–H and O–H groups in total. The molecular weight excluding hydrogens is 296 g/mol. The van der Waals surface area contributed by atoms with Gasteiger partial charge < -0.3 is 4.98 Å². The normalized spacial score (nSPS) is 15.1. The molecule has 0 bridgehead atoms. The van der Waals surface area contributed by atoms with Crippen LogP contribution in [-0.4, -0.2) is 26.4 Å². The van der Waals surface area contributed by atoms with Gasteiger partial charge >= 0.3 is 0 Å². The first-order chi connectivity index (χ1) is 10.7. The number of benzene rings is 1. The predicted octanol–water partition coefficient (Wildman–Crippen LogP) is 2.25. The van der Waals surface area contributed by atoms with Crippen LogP contribution in [0.25, 0.3) is 10.2 Å². The van der Waals surface area contributed by atoms with Gasteiger partial charge in [-0.25, -0.2) is 9.97 Å². The van der Waals surface area contributed by atoms with E-state index in [1.54, 1.807) is 11.3 Å². The molecule has 4 rings (SSSR count). The number of fused-ring (bicyclic) bond motifs is 2. The van der Waals surface area contributed by atoms with Crippen molar-refractivity contribution in [3.8, 4) is 0 Å². The van der Waals surface area contributed by atoms with Crippen LogP contribution >= 0.6 is 11.3 Å². The number of thiazole rings is 1. The van der Waals surface area contributed by atoms with Gasteiger partial charge in [0.05, 0.1) is 21.4 Å². The lowest BCUT2D eigenvalue weighted by molar-refractivity contribution is 0.241. The van der Waals surface area contributed by atoms with Crippen molar-refractivity contribution in [3.05, 3.63) is 56.7 Å². The van der Waals surface area contributed by atoms with Crippen molar-refractivity contribution in [2.45, 2.75) is 26.4 Å². The van der Waals surface area contributed by atoms with Crippen molar-refractivity contribution >= 4 is 21.6 Å². The molecule has 0 spiro atoms. The Labute approximate surface area is 131 Å². The topological polar surface area (TPSA) is 61.9 Å². The molecule has 0 unspecified atom stereocenters. The lowest BCUT2D eigenvalue weighted by atomic mass is 10.1. The zero-order valence-corrected chi connectivity index (χ0v) is 13.1. The van der Waals surface area contributed by atoms with Crippen LogP contribution in [0.3, 0.4) is 0 Å². The fraction of sp³-hybridized carbons (Fsp3) is 0.312. The standard InChI is InChI=1S/C16H16N4OS/c1-10-18-14-8-20(6-5-12(14)16(21)19-10)7-11-3-2-4-13-15(11)22-9-17-13/h2-4,9H,5-8H2,1H3,(H,18,19,21). The fourth-order valence-corrected chi connectivity index (χ4v) is 3.86. The van der Waals surface area contributed by atoms with Crippen LogP contribution in [0.15, 0.2) is 28.5 Å². The third kappa shape index (κ3) is 2.34. The molecule has 0 amide bonds. The first-order valence-corrected chi connectivity index (χ1v) is 8.21. The minimum absolute atomic E-state index is 0.0201. The third-order valence-electron chi connectivity index (χ3n) is 4.10. The highest BCUT2D eigenvalue weighted by Gasteiger charge is 2.21. The Kier molecular flexibility index (Phi) is 3.28. The molecule has 1 aliphatic rings. The molecule has 112 valence electrons. The minimum atomic E-state index is 0.0201. The smallest absolute Gasteiger partial charge is 0.254 e. The summed E-state index contributed by atoms with van der Waals surface area (Å²) in [5, 5.41) is 0. The Balaban J connectivity index is 1.63. The summed E-state index contributed by atoms with van der Waals surface area (Å²) in [5.41, 5.74) is 6.04. The summed E-state index contributed by atoms with van der Waals surface area (Å²) in [6.45, 7) is 4.32. The summed E-state index contributed by atoms with van der Waals surface area (Å²) < 4.78 is 1.25. The fourth-order valence-electron chi connectivity index (χ4n) is 3.06. The molecule has 0 saturated heterocycles. The Morgan fingerprint density at radius 3 is 3.23 bits per heavy atom. The largest absolute Gasteiger partial charge is 0.311 e. The second-order valence-electron chi connectivity index (χ2n) is 5.65. The molecule has 0 aliphatic carbocycles. The molecule has 2 aromatic heterocycles. The monoisotopic (exact) mass is 312 g/mol. The van der Waals surface area contributed by atoms with E-state index in [2.05, 4.69) is 32.0 Å². The summed E-state index contributed by atoms with van der Waals surface area (Å²) in [4.78, 5) is 26.0. The van der Waals surface area contributed by atoms with E-state index in [4.69, 9.17) is 0 Å². The van der Waals surface area contributed by atoms with Crippen molar-refractivity contribution in [3.63, 3.8) is 0 Å². The van der Waals surface area contributed by atoms with E-state index < -0.39 is 0 Å². The molecule has 5 nitrogen and oxygen atoms in total. The molecule has 0 fully saturated rings. The molecule has 1 aromatic carbocycles. The lowest BCUT2D eigenvalue weighted by Crippen LogP contribution is -2.35. The number of H-pyrrole nitrogens is 1. The van der Waals surface area contributed by atoms with Gasteiger partial charge in [0, 0.05) is 25.2 Å². The quantitative estimate of drug-likeness (QED) is 0.788. The Morgan fingerprint density at radius 1 is 1.41 bits per heavy atom. The van der Waals surface area contributed by atoms with Crippen LogP contribution in [0, 0.1) is 6.92 Å². The van der Waals surface area contributed by atoms with Gasteiger partial charge in [0.25, 0.3) is 5.56 Å². The highest BCUT2D eigenvalue weighted by molar-refractivity contribution is 7.16. The maximum Gasteiger partial charge on any atom is 0.254 e. The van der Waals surface area contributed by atoms with E-state index in [0.717, 1.165) is 42.8 Å². The van der Waals surface area contributed by atoms with Crippen molar-refractivity contribution in [1.82, 2.24) is 19.9 Å². The zero-order chi connectivity index (χ0) is 15.1. The van der Waals surface area contributed by atoms with Crippen LogP contribution in [0.4, 0.5) is 0 Å². The molecule has 22 heavy (non-hydrogen) atoms. The van der Waals surface area contributed by atoms with Crippen LogP contribution < -0.4 is 5.56 Å². The number of nitrogens with zero attached hydrogens (tertiary/aromatic N) is 3. The van der Waals surface area contributed by atoms with E-state index in [9.17, 15) is 4.79 Å². The predicted molar refractivity (Wildman–Crippen MR) is 87.0 cm³/mol. The van der Waals surface area contributed by atoms with Gasteiger partial charge in [0.1, 0.15) is 5.82 Å². The van der Waals surface area contributed by atoms with E-state index in [1.807, 2.05) is 18.5 Å². The second kappa shape index (κ2) is 5.30. The van der Waals surface area contributed by atoms with Crippen LogP contribution in [0.2, 0.25) is 0 Å². The van der Waals surface area contributed by atoms with Crippen LogP contribution in [0.1, 0.15) is 22.6 Å². The van der Waals surface area contributed by atoms with Crippen LogP contribution in [0.5, 0.6) is 0 Å².